The van der Waals surface area contributed by atoms with Gasteiger partial charge >= 0.3 is 0 Å². The Kier molecular flexibility index (Phi) is 4.74. The van der Waals surface area contributed by atoms with E-state index in [2.05, 4.69) is 31.9 Å². The van der Waals surface area contributed by atoms with Crippen LogP contribution in [0.2, 0.25) is 0 Å². The zero-order valence-corrected chi connectivity index (χ0v) is 7.57. The van der Waals surface area contributed by atoms with Gasteiger partial charge in [0.1, 0.15) is 0 Å². The van der Waals surface area contributed by atoms with Crippen molar-refractivity contribution in [1.29, 1.82) is 0 Å². The van der Waals surface area contributed by atoms with Crippen LogP contribution in [0.25, 0.3) is 0 Å². The van der Waals surface area contributed by atoms with Crippen LogP contribution in [0.3, 0.4) is 0 Å². The molecule has 0 spiro atoms. The van der Waals surface area contributed by atoms with E-state index in [-0.39, 0.29) is 4.57 Å². The molecule has 0 radical (unpaired) electrons. The molecular formula is C2H5Br2O2P. The molecule has 2 atom stereocenters. The van der Waals surface area contributed by atoms with Crippen molar-refractivity contribution in [2.45, 2.75) is 4.57 Å². The van der Waals surface area contributed by atoms with Gasteiger partial charge in [-0.05, 0) is 0 Å². The molecular weight excluding hydrogens is 247 g/mol. The van der Waals surface area contributed by atoms with Gasteiger partial charge in [0.05, 0.1) is 4.57 Å². The lowest BCUT2D eigenvalue weighted by Gasteiger charge is -1.95. The highest BCUT2D eigenvalue weighted by atomic mass is 79.9. The summed E-state index contributed by atoms with van der Waals surface area (Å²) in [7, 11) is -2.34. The fraction of sp³-hybridized carbons (Fsp3) is 1.00. The van der Waals surface area contributed by atoms with Gasteiger partial charge in [0, 0.05) is 5.33 Å². The van der Waals surface area contributed by atoms with Crippen LogP contribution in [0, 0.1) is 0 Å². The second kappa shape index (κ2) is 4.07. The Morgan fingerprint density at radius 3 is 2.29 bits per heavy atom. The maximum Gasteiger partial charge on any atom is 0.203 e. The number of hydrogen-bond acceptors (Lipinski definition) is 1. The largest absolute Gasteiger partial charge is 0.346 e. The van der Waals surface area contributed by atoms with Crippen molar-refractivity contribution >= 4 is 39.9 Å². The second-order valence-corrected chi connectivity index (χ2v) is 4.93. The van der Waals surface area contributed by atoms with Crippen molar-refractivity contribution in [3.05, 3.63) is 0 Å². The molecule has 0 bridgehead atoms. The predicted molar refractivity (Wildman–Crippen MR) is 37.7 cm³/mol. The highest BCUT2D eigenvalue weighted by molar-refractivity contribution is 9.12. The van der Waals surface area contributed by atoms with Gasteiger partial charge in [0.2, 0.25) is 8.03 Å². The normalized spacial score (nSPS) is 18.7. The third kappa shape index (κ3) is 3.71. The first kappa shape index (κ1) is 8.15. The van der Waals surface area contributed by atoms with E-state index in [0.29, 0.717) is 5.33 Å². The molecule has 0 heterocycles. The highest BCUT2D eigenvalue weighted by Crippen LogP contribution is 2.28. The van der Waals surface area contributed by atoms with E-state index in [9.17, 15) is 4.57 Å². The van der Waals surface area contributed by atoms with Crippen molar-refractivity contribution in [2.75, 3.05) is 5.33 Å². The van der Waals surface area contributed by atoms with Crippen molar-refractivity contribution in [2.24, 2.45) is 0 Å². The molecule has 0 aliphatic carbocycles. The van der Waals surface area contributed by atoms with Crippen LogP contribution in [0.4, 0.5) is 0 Å². The monoisotopic (exact) mass is 250 g/mol. The minimum Gasteiger partial charge on any atom is -0.346 e. The Balaban J connectivity index is 3.34. The van der Waals surface area contributed by atoms with E-state index in [1.807, 2.05) is 0 Å². The van der Waals surface area contributed by atoms with Crippen molar-refractivity contribution in [1.82, 2.24) is 0 Å². The summed E-state index contributed by atoms with van der Waals surface area (Å²) in [6, 6.07) is 0. The third-order valence-electron chi connectivity index (χ3n) is 0.403. The zero-order valence-electron chi connectivity index (χ0n) is 3.40. The van der Waals surface area contributed by atoms with E-state index in [4.69, 9.17) is 4.89 Å². The van der Waals surface area contributed by atoms with Gasteiger partial charge in [0.15, 0.2) is 0 Å². The molecule has 0 rings (SSSR count). The Labute approximate surface area is 59.4 Å². The molecule has 5 heteroatoms. The molecule has 0 saturated carbocycles. The fourth-order valence-electron chi connectivity index (χ4n) is 0.0660. The standard InChI is InChI=1S/C2H5Br2O2P/c3-1-2(4)7(5)6/h2,7H,1H2,(H,5,6). The van der Waals surface area contributed by atoms with E-state index in [1.54, 1.807) is 0 Å². The average molecular weight is 252 g/mol. The van der Waals surface area contributed by atoms with Gasteiger partial charge in [-0.2, -0.15) is 0 Å². The van der Waals surface area contributed by atoms with Gasteiger partial charge in [-0.15, -0.1) is 0 Å². The van der Waals surface area contributed by atoms with Crippen LogP contribution in [0.15, 0.2) is 0 Å². The maximum absolute atomic E-state index is 10.0. The maximum atomic E-state index is 10.0. The van der Waals surface area contributed by atoms with E-state index in [0.717, 1.165) is 0 Å². The summed E-state index contributed by atoms with van der Waals surface area (Å²) in [5, 5.41) is 0.529. The van der Waals surface area contributed by atoms with Crippen LogP contribution in [-0.4, -0.2) is 14.8 Å². The summed E-state index contributed by atoms with van der Waals surface area (Å²) >= 11 is 6.01. The molecule has 0 saturated heterocycles. The van der Waals surface area contributed by atoms with Crippen LogP contribution in [0.5, 0.6) is 0 Å². The first-order valence-corrected chi connectivity index (χ1v) is 5.08. The molecule has 2 unspecified atom stereocenters. The summed E-state index contributed by atoms with van der Waals surface area (Å²) < 4.78 is 9.77. The lowest BCUT2D eigenvalue weighted by Crippen LogP contribution is -1.88. The molecule has 0 aromatic carbocycles. The summed E-state index contributed by atoms with van der Waals surface area (Å²) in [5.41, 5.74) is 0. The lowest BCUT2D eigenvalue weighted by molar-refractivity contribution is 0.503. The van der Waals surface area contributed by atoms with Crippen LogP contribution in [-0.2, 0) is 4.57 Å². The fourth-order valence-corrected chi connectivity index (χ4v) is 1.03. The molecule has 0 fully saturated rings. The molecule has 0 aromatic rings. The van der Waals surface area contributed by atoms with E-state index >= 15 is 0 Å². The van der Waals surface area contributed by atoms with Crippen LogP contribution >= 0.6 is 39.9 Å². The Morgan fingerprint density at radius 1 is 1.86 bits per heavy atom. The minimum atomic E-state index is -2.34. The first-order valence-electron chi connectivity index (χ1n) is 1.61. The summed E-state index contributed by atoms with van der Waals surface area (Å²) in [5.74, 6) is 0. The summed E-state index contributed by atoms with van der Waals surface area (Å²) in [6.07, 6.45) is 0. The molecule has 0 aromatic heterocycles. The predicted octanol–water partition coefficient (Wildman–Crippen LogP) is 1.57. The van der Waals surface area contributed by atoms with Crippen molar-refractivity contribution in [3.63, 3.8) is 0 Å². The SMILES string of the molecule is O=[PH](O)C(Br)CBr. The quantitative estimate of drug-likeness (QED) is 0.598. The van der Waals surface area contributed by atoms with Gasteiger partial charge in [-0.3, -0.25) is 4.57 Å². The molecule has 0 aliphatic rings. The zero-order chi connectivity index (χ0) is 5.86. The number of hydrogen-bond donors (Lipinski definition) is 1. The second-order valence-electron chi connectivity index (χ2n) is 0.960. The molecule has 7 heavy (non-hydrogen) atoms. The van der Waals surface area contributed by atoms with Crippen molar-refractivity contribution in [3.8, 4) is 0 Å². The highest BCUT2D eigenvalue weighted by Gasteiger charge is 2.05. The van der Waals surface area contributed by atoms with Gasteiger partial charge in [0.25, 0.3) is 0 Å². The summed E-state index contributed by atoms with van der Waals surface area (Å²) in [4.78, 5) is 8.29. The number of alkyl halides is 2. The number of rotatable bonds is 2. The Morgan fingerprint density at radius 2 is 2.29 bits per heavy atom. The minimum absolute atomic E-state index is 0.266. The first-order chi connectivity index (χ1) is 3.18. The summed E-state index contributed by atoms with van der Waals surface area (Å²) in [6.45, 7) is 0. The average Bonchev–Trinajstić information content (AvgIpc) is 1.65. The van der Waals surface area contributed by atoms with Crippen LogP contribution < -0.4 is 0 Å². The molecule has 0 aliphatic heterocycles. The third-order valence-corrected chi connectivity index (χ3v) is 4.76. The van der Waals surface area contributed by atoms with Crippen molar-refractivity contribution < 1.29 is 9.46 Å². The van der Waals surface area contributed by atoms with Gasteiger partial charge in [-0.25, -0.2) is 0 Å². The molecule has 44 valence electrons. The van der Waals surface area contributed by atoms with Crippen LogP contribution in [0.1, 0.15) is 0 Å². The lowest BCUT2D eigenvalue weighted by atomic mass is 11.0. The molecule has 1 N–H and O–H groups in total. The van der Waals surface area contributed by atoms with Gasteiger partial charge < -0.3 is 4.89 Å². The van der Waals surface area contributed by atoms with Gasteiger partial charge in [-0.1, -0.05) is 31.9 Å². The topological polar surface area (TPSA) is 37.3 Å². The number of halogens is 2. The van der Waals surface area contributed by atoms with E-state index in [1.165, 1.54) is 0 Å². The smallest absolute Gasteiger partial charge is 0.203 e. The molecule has 0 amide bonds. The molecule has 2 nitrogen and oxygen atoms in total. The Bertz CT molecular complexity index is 76.1. The van der Waals surface area contributed by atoms with E-state index < -0.39 is 8.03 Å². The Hall–Kier alpha value is 1.15.